The average Bonchev–Trinajstić information content (AvgIpc) is 3.22. The number of para-hydroxylation sites is 1. The third-order valence-corrected chi connectivity index (χ3v) is 4.66. The Kier molecular flexibility index (Phi) is 5.28. The van der Waals surface area contributed by atoms with E-state index in [0.717, 1.165) is 5.69 Å². The third kappa shape index (κ3) is 4.06. The number of benzene rings is 3. The number of hydrogen-bond donors (Lipinski definition) is 1. The van der Waals surface area contributed by atoms with E-state index in [4.69, 9.17) is 11.6 Å². The number of nitrogens with zero attached hydrogens (tertiary/aromatic N) is 3. The molecule has 8 heteroatoms. The molecular formula is C22H15ClN4O3. The lowest BCUT2D eigenvalue weighted by Gasteiger charge is -2.05. The fourth-order valence-electron chi connectivity index (χ4n) is 2.96. The summed E-state index contributed by atoms with van der Waals surface area (Å²) in [5.74, 6) is -0.388. The van der Waals surface area contributed by atoms with Gasteiger partial charge < -0.3 is 5.32 Å². The quantitative estimate of drug-likeness (QED) is 0.349. The maximum atomic E-state index is 13.0. The van der Waals surface area contributed by atoms with Gasteiger partial charge in [-0.2, -0.15) is 5.10 Å². The zero-order valence-corrected chi connectivity index (χ0v) is 16.3. The molecule has 0 fully saturated rings. The Morgan fingerprint density at radius 2 is 1.73 bits per heavy atom. The first-order valence-electron chi connectivity index (χ1n) is 8.98. The van der Waals surface area contributed by atoms with Crippen LogP contribution in [0.2, 0.25) is 5.02 Å². The van der Waals surface area contributed by atoms with Crippen molar-refractivity contribution in [3.8, 4) is 16.9 Å². The molecule has 0 aliphatic carbocycles. The number of anilines is 1. The molecule has 0 spiro atoms. The van der Waals surface area contributed by atoms with Gasteiger partial charge in [0.1, 0.15) is 5.69 Å². The monoisotopic (exact) mass is 418 g/mol. The van der Waals surface area contributed by atoms with E-state index < -0.39 is 4.92 Å². The first kappa shape index (κ1) is 19.4. The largest absolute Gasteiger partial charge is 0.322 e. The van der Waals surface area contributed by atoms with Gasteiger partial charge in [-0.3, -0.25) is 14.9 Å². The Morgan fingerprint density at radius 3 is 2.43 bits per heavy atom. The standard InChI is InChI=1S/C22H15ClN4O3/c23-16-9-11-17(12-10-16)24-22(28)20-14-26(18-6-2-1-3-7-18)25-21(20)15-5-4-8-19(13-15)27(29)30/h1-14H,(H,24,28). The van der Waals surface area contributed by atoms with Crippen LogP contribution in [0.3, 0.4) is 0 Å². The number of nitrogens with one attached hydrogen (secondary N) is 1. The van der Waals surface area contributed by atoms with Crippen molar-refractivity contribution in [2.24, 2.45) is 0 Å². The highest BCUT2D eigenvalue weighted by molar-refractivity contribution is 6.30. The number of halogens is 1. The number of nitro benzene ring substituents is 1. The summed E-state index contributed by atoms with van der Waals surface area (Å²) in [5.41, 5.74) is 2.35. The van der Waals surface area contributed by atoms with Gasteiger partial charge in [-0.1, -0.05) is 41.9 Å². The predicted octanol–water partition coefficient (Wildman–Crippen LogP) is 5.35. The van der Waals surface area contributed by atoms with Gasteiger partial charge in [-0.05, 0) is 36.4 Å². The lowest BCUT2D eigenvalue weighted by Crippen LogP contribution is -2.12. The van der Waals surface area contributed by atoms with Gasteiger partial charge in [0, 0.05) is 34.6 Å². The molecule has 0 radical (unpaired) electrons. The number of hydrogen-bond acceptors (Lipinski definition) is 4. The maximum absolute atomic E-state index is 13.0. The molecule has 7 nitrogen and oxygen atoms in total. The second-order valence-electron chi connectivity index (χ2n) is 6.44. The molecule has 4 rings (SSSR count). The molecule has 0 aliphatic rings. The average molecular weight is 419 g/mol. The zero-order chi connectivity index (χ0) is 21.1. The van der Waals surface area contributed by atoms with Crippen LogP contribution in [-0.4, -0.2) is 20.6 Å². The molecular weight excluding hydrogens is 404 g/mol. The van der Waals surface area contributed by atoms with Crippen molar-refractivity contribution in [3.63, 3.8) is 0 Å². The smallest absolute Gasteiger partial charge is 0.270 e. The Hall–Kier alpha value is -3.97. The van der Waals surface area contributed by atoms with E-state index in [1.54, 1.807) is 47.3 Å². The number of aromatic nitrogens is 2. The molecule has 1 aromatic heterocycles. The Bertz CT molecular complexity index is 1220. The minimum Gasteiger partial charge on any atom is -0.322 e. The molecule has 148 valence electrons. The summed E-state index contributed by atoms with van der Waals surface area (Å²) in [6.07, 6.45) is 1.61. The minimum absolute atomic E-state index is 0.0779. The summed E-state index contributed by atoms with van der Waals surface area (Å²) in [4.78, 5) is 23.7. The van der Waals surface area contributed by atoms with Crippen molar-refractivity contribution in [3.05, 3.63) is 106 Å². The van der Waals surface area contributed by atoms with Gasteiger partial charge in [0.2, 0.25) is 0 Å². The van der Waals surface area contributed by atoms with E-state index in [9.17, 15) is 14.9 Å². The van der Waals surface area contributed by atoms with Crippen molar-refractivity contribution in [2.45, 2.75) is 0 Å². The van der Waals surface area contributed by atoms with E-state index in [1.807, 2.05) is 30.3 Å². The van der Waals surface area contributed by atoms with Crippen LogP contribution in [0.1, 0.15) is 10.4 Å². The lowest BCUT2D eigenvalue weighted by molar-refractivity contribution is -0.384. The molecule has 0 unspecified atom stereocenters. The van der Waals surface area contributed by atoms with Crippen molar-refractivity contribution in [1.82, 2.24) is 9.78 Å². The van der Waals surface area contributed by atoms with E-state index in [0.29, 0.717) is 22.0 Å². The molecule has 1 N–H and O–H groups in total. The third-order valence-electron chi connectivity index (χ3n) is 4.41. The zero-order valence-electron chi connectivity index (χ0n) is 15.5. The summed E-state index contributed by atoms with van der Waals surface area (Å²) >= 11 is 5.90. The van der Waals surface area contributed by atoms with Crippen LogP contribution in [0.4, 0.5) is 11.4 Å². The molecule has 1 amide bonds. The topological polar surface area (TPSA) is 90.1 Å². The van der Waals surface area contributed by atoms with Crippen LogP contribution in [0.5, 0.6) is 0 Å². The highest BCUT2D eigenvalue weighted by atomic mass is 35.5. The van der Waals surface area contributed by atoms with Crippen molar-refractivity contribution < 1.29 is 9.72 Å². The molecule has 0 bridgehead atoms. The van der Waals surface area contributed by atoms with Crippen LogP contribution in [0, 0.1) is 10.1 Å². The summed E-state index contributed by atoms with van der Waals surface area (Å²) < 4.78 is 1.57. The van der Waals surface area contributed by atoms with Gasteiger partial charge in [-0.15, -0.1) is 0 Å². The van der Waals surface area contributed by atoms with E-state index >= 15 is 0 Å². The molecule has 4 aromatic rings. The molecule has 0 saturated heterocycles. The summed E-state index contributed by atoms with van der Waals surface area (Å²) in [5, 5.41) is 19.1. The molecule has 3 aromatic carbocycles. The van der Waals surface area contributed by atoms with Crippen LogP contribution >= 0.6 is 11.6 Å². The van der Waals surface area contributed by atoms with E-state index in [2.05, 4.69) is 10.4 Å². The molecule has 30 heavy (non-hydrogen) atoms. The van der Waals surface area contributed by atoms with Gasteiger partial charge in [-0.25, -0.2) is 4.68 Å². The minimum atomic E-state index is -0.481. The van der Waals surface area contributed by atoms with Gasteiger partial charge in [0.15, 0.2) is 0 Å². The van der Waals surface area contributed by atoms with Gasteiger partial charge in [0.05, 0.1) is 16.2 Å². The Labute approximate surface area is 176 Å². The van der Waals surface area contributed by atoms with Gasteiger partial charge >= 0.3 is 0 Å². The summed E-state index contributed by atoms with van der Waals surface area (Å²) in [6, 6.07) is 22.1. The Balaban J connectivity index is 1.78. The Morgan fingerprint density at radius 1 is 1.00 bits per heavy atom. The number of rotatable bonds is 5. The van der Waals surface area contributed by atoms with Gasteiger partial charge in [0.25, 0.3) is 11.6 Å². The number of non-ortho nitro benzene ring substituents is 1. The SMILES string of the molecule is O=C(Nc1ccc(Cl)cc1)c1cn(-c2ccccc2)nc1-c1cccc([N+](=O)[O-])c1. The number of amides is 1. The van der Waals surface area contributed by atoms with Crippen LogP contribution in [0.25, 0.3) is 16.9 Å². The highest BCUT2D eigenvalue weighted by Crippen LogP contribution is 2.28. The van der Waals surface area contributed by atoms with Crippen molar-refractivity contribution >= 4 is 28.9 Å². The molecule has 0 saturated carbocycles. The van der Waals surface area contributed by atoms with Crippen LogP contribution < -0.4 is 5.32 Å². The molecule has 0 aliphatic heterocycles. The fraction of sp³-hybridized carbons (Fsp3) is 0. The maximum Gasteiger partial charge on any atom is 0.270 e. The van der Waals surface area contributed by atoms with Crippen molar-refractivity contribution in [1.29, 1.82) is 0 Å². The lowest BCUT2D eigenvalue weighted by atomic mass is 10.1. The van der Waals surface area contributed by atoms with Crippen molar-refractivity contribution in [2.75, 3.05) is 5.32 Å². The molecule has 0 atom stereocenters. The summed E-state index contributed by atoms with van der Waals surface area (Å²) in [7, 11) is 0. The molecule has 1 heterocycles. The predicted molar refractivity (Wildman–Crippen MR) is 115 cm³/mol. The second kappa shape index (κ2) is 8.18. The van der Waals surface area contributed by atoms with E-state index in [1.165, 1.54) is 12.1 Å². The number of carbonyl (C=O) groups is 1. The summed E-state index contributed by atoms with van der Waals surface area (Å²) in [6.45, 7) is 0. The highest BCUT2D eigenvalue weighted by Gasteiger charge is 2.20. The number of nitro groups is 1. The number of carbonyl (C=O) groups excluding carboxylic acids is 1. The van der Waals surface area contributed by atoms with Crippen LogP contribution in [0.15, 0.2) is 85.1 Å². The first-order valence-corrected chi connectivity index (χ1v) is 9.36. The van der Waals surface area contributed by atoms with Crippen LogP contribution in [-0.2, 0) is 0 Å². The first-order chi connectivity index (χ1) is 14.5. The second-order valence-corrected chi connectivity index (χ2v) is 6.88. The fourth-order valence-corrected chi connectivity index (χ4v) is 3.09. The normalized spacial score (nSPS) is 10.6. The van der Waals surface area contributed by atoms with E-state index in [-0.39, 0.29) is 17.2 Å².